The Morgan fingerprint density at radius 3 is 2.61 bits per heavy atom. The fraction of sp³-hybridized carbons (Fsp3) is 0.500. The van der Waals surface area contributed by atoms with Gasteiger partial charge in [-0.2, -0.15) is 0 Å². The molecule has 1 fully saturated rings. The number of methoxy groups -OCH3 is 1. The van der Waals surface area contributed by atoms with Crippen LogP contribution in [0.2, 0.25) is 0 Å². The number of benzene rings is 1. The highest BCUT2D eigenvalue weighted by Crippen LogP contribution is 2.39. The molecule has 1 aromatic carbocycles. The minimum atomic E-state index is -0.295. The average molecular weight is 407 g/mol. The highest BCUT2D eigenvalue weighted by molar-refractivity contribution is 8.04. The first-order chi connectivity index (χ1) is 13.7. The number of hydrogen-bond donors (Lipinski definition) is 1. The lowest BCUT2D eigenvalue weighted by Crippen LogP contribution is -2.39. The van der Waals surface area contributed by atoms with E-state index in [0.717, 1.165) is 32.8 Å². The molecule has 1 saturated heterocycles. The Morgan fingerprint density at radius 1 is 1.14 bits per heavy atom. The second kappa shape index (κ2) is 10.1. The molecule has 1 N–H and O–H groups in total. The molecule has 3 rings (SSSR count). The van der Waals surface area contributed by atoms with Gasteiger partial charge in [0.15, 0.2) is 0 Å². The summed E-state index contributed by atoms with van der Waals surface area (Å²) in [7, 11) is 1.54. The molecule has 0 atom stereocenters. The number of hydrogen-bond acceptors (Lipinski definition) is 7. The summed E-state index contributed by atoms with van der Waals surface area (Å²) in [5.74, 6) is 0.327. The number of aliphatic hydroxyl groups excluding tert-OH is 1. The highest BCUT2D eigenvalue weighted by Gasteiger charge is 2.39. The van der Waals surface area contributed by atoms with Crippen LogP contribution < -0.4 is 4.74 Å². The third-order valence-corrected chi connectivity index (χ3v) is 5.85. The summed E-state index contributed by atoms with van der Waals surface area (Å²) in [5, 5.41) is 9.19. The number of nitrogens with zero attached hydrogens (tertiary/aromatic N) is 2. The fourth-order valence-corrected chi connectivity index (χ4v) is 4.28. The number of rotatable bonds is 9. The van der Waals surface area contributed by atoms with Crippen LogP contribution in [-0.4, -0.2) is 85.6 Å². The van der Waals surface area contributed by atoms with Gasteiger partial charge in [0.05, 0.1) is 37.4 Å². The highest BCUT2D eigenvalue weighted by atomic mass is 32.2. The monoisotopic (exact) mass is 406 g/mol. The van der Waals surface area contributed by atoms with Crippen molar-refractivity contribution in [3.8, 4) is 5.75 Å². The quantitative estimate of drug-likeness (QED) is 0.618. The smallest absolute Gasteiger partial charge is 0.267 e. The Labute approximate surface area is 169 Å². The summed E-state index contributed by atoms with van der Waals surface area (Å²) < 4.78 is 10.7. The second-order valence-corrected chi connectivity index (χ2v) is 7.65. The summed E-state index contributed by atoms with van der Waals surface area (Å²) in [4.78, 5) is 30.1. The Kier molecular flexibility index (Phi) is 7.50. The van der Waals surface area contributed by atoms with Crippen LogP contribution in [-0.2, 0) is 14.3 Å². The molecule has 0 radical (unpaired) electrons. The number of carbonyl (C=O) groups excluding carboxylic acids is 2. The fourth-order valence-electron chi connectivity index (χ4n) is 3.40. The first kappa shape index (κ1) is 20.9. The predicted molar refractivity (Wildman–Crippen MR) is 108 cm³/mol. The number of para-hydroxylation sites is 1. The molecule has 0 bridgehead atoms. The predicted octanol–water partition coefficient (Wildman–Crippen LogP) is 1.22. The summed E-state index contributed by atoms with van der Waals surface area (Å²) >= 11 is 1.22. The van der Waals surface area contributed by atoms with E-state index in [0.29, 0.717) is 40.5 Å². The van der Waals surface area contributed by atoms with E-state index in [1.807, 2.05) is 12.1 Å². The molecule has 0 unspecified atom stereocenters. The third-order valence-electron chi connectivity index (χ3n) is 4.80. The van der Waals surface area contributed by atoms with Crippen LogP contribution in [0.1, 0.15) is 12.0 Å². The molecular formula is C20H26N2O5S. The van der Waals surface area contributed by atoms with Crippen molar-refractivity contribution in [2.24, 2.45) is 0 Å². The maximum absolute atomic E-state index is 13.1. The lowest BCUT2D eigenvalue weighted by Gasteiger charge is -2.27. The molecule has 0 aromatic heterocycles. The molecule has 2 aliphatic heterocycles. The van der Waals surface area contributed by atoms with Gasteiger partial charge in [0, 0.05) is 37.5 Å². The van der Waals surface area contributed by atoms with Crippen molar-refractivity contribution in [2.45, 2.75) is 6.42 Å². The molecule has 1 aromatic rings. The summed E-state index contributed by atoms with van der Waals surface area (Å²) in [6.45, 7) is 4.34. The molecule has 152 valence electrons. The third kappa shape index (κ3) is 4.57. The van der Waals surface area contributed by atoms with Crippen molar-refractivity contribution in [3.63, 3.8) is 0 Å². The maximum atomic E-state index is 13.1. The van der Waals surface area contributed by atoms with Gasteiger partial charge in [-0.3, -0.25) is 19.4 Å². The zero-order chi connectivity index (χ0) is 19.9. The first-order valence-electron chi connectivity index (χ1n) is 9.45. The summed E-state index contributed by atoms with van der Waals surface area (Å²) in [6.07, 6.45) is 0.717. The maximum Gasteiger partial charge on any atom is 0.267 e. The summed E-state index contributed by atoms with van der Waals surface area (Å²) in [6, 6.07) is 7.20. The Balaban J connectivity index is 1.77. The van der Waals surface area contributed by atoms with E-state index in [1.165, 1.54) is 16.7 Å². The van der Waals surface area contributed by atoms with Crippen molar-refractivity contribution in [3.05, 3.63) is 34.7 Å². The molecule has 28 heavy (non-hydrogen) atoms. The van der Waals surface area contributed by atoms with Crippen molar-refractivity contribution in [2.75, 3.05) is 58.9 Å². The SMILES string of the molecule is COc1ccccc1C1=C(SCCO)C(=O)N(CCCN2CCOCC2)C1=O. The van der Waals surface area contributed by atoms with E-state index in [9.17, 15) is 14.7 Å². The molecule has 7 nitrogen and oxygen atoms in total. The zero-order valence-electron chi connectivity index (χ0n) is 16.1. The van der Waals surface area contributed by atoms with Crippen molar-refractivity contribution < 1.29 is 24.2 Å². The number of ether oxygens (including phenoxy) is 2. The normalized spacial score (nSPS) is 18.3. The lowest BCUT2D eigenvalue weighted by molar-refractivity contribution is -0.136. The number of carbonyl (C=O) groups is 2. The van der Waals surface area contributed by atoms with Gasteiger partial charge in [-0.05, 0) is 12.5 Å². The van der Waals surface area contributed by atoms with Crippen LogP contribution in [0.5, 0.6) is 5.75 Å². The van der Waals surface area contributed by atoms with Crippen LogP contribution in [0.3, 0.4) is 0 Å². The molecule has 0 aliphatic carbocycles. The van der Waals surface area contributed by atoms with E-state index < -0.39 is 0 Å². The number of aliphatic hydroxyl groups is 1. The lowest BCUT2D eigenvalue weighted by atomic mass is 10.1. The molecular weight excluding hydrogens is 380 g/mol. The standard InChI is InChI=1S/C20H26N2O5S/c1-26-16-6-3-2-5-15(16)17-18(28-14-11-23)20(25)22(19(17)24)8-4-7-21-9-12-27-13-10-21/h2-3,5-6,23H,4,7-14H2,1H3. The number of morpholine rings is 1. The number of thioether (sulfide) groups is 1. The van der Waals surface area contributed by atoms with Crippen LogP contribution in [0.15, 0.2) is 29.2 Å². The van der Waals surface area contributed by atoms with E-state index in [4.69, 9.17) is 9.47 Å². The number of imide groups is 1. The van der Waals surface area contributed by atoms with Gasteiger partial charge < -0.3 is 14.6 Å². The molecule has 2 aliphatic rings. The van der Waals surface area contributed by atoms with Crippen LogP contribution in [0.25, 0.3) is 5.57 Å². The molecule has 0 saturated carbocycles. The minimum absolute atomic E-state index is 0.0636. The number of amides is 2. The van der Waals surface area contributed by atoms with Crippen LogP contribution in [0.4, 0.5) is 0 Å². The minimum Gasteiger partial charge on any atom is -0.496 e. The van der Waals surface area contributed by atoms with Gasteiger partial charge in [-0.25, -0.2) is 0 Å². The van der Waals surface area contributed by atoms with Gasteiger partial charge in [0.2, 0.25) is 0 Å². The van der Waals surface area contributed by atoms with Crippen molar-refractivity contribution in [1.82, 2.24) is 9.80 Å². The molecule has 2 amide bonds. The van der Waals surface area contributed by atoms with Crippen LogP contribution >= 0.6 is 11.8 Å². The zero-order valence-corrected chi connectivity index (χ0v) is 16.9. The Bertz CT molecular complexity index is 746. The topological polar surface area (TPSA) is 79.3 Å². The Morgan fingerprint density at radius 2 is 1.89 bits per heavy atom. The first-order valence-corrected chi connectivity index (χ1v) is 10.4. The summed E-state index contributed by atoms with van der Waals surface area (Å²) in [5.41, 5.74) is 0.978. The molecule has 8 heteroatoms. The van der Waals surface area contributed by atoms with Crippen molar-refractivity contribution >= 4 is 29.1 Å². The molecule has 0 spiro atoms. The van der Waals surface area contributed by atoms with E-state index >= 15 is 0 Å². The largest absolute Gasteiger partial charge is 0.496 e. The van der Waals surface area contributed by atoms with Crippen molar-refractivity contribution in [1.29, 1.82) is 0 Å². The van der Waals surface area contributed by atoms with Crippen LogP contribution in [0, 0.1) is 0 Å². The van der Waals surface area contributed by atoms with E-state index in [1.54, 1.807) is 19.2 Å². The van der Waals surface area contributed by atoms with E-state index in [-0.39, 0.29) is 18.4 Å². The average Bonchev–Trinajstić information content (AvgIpc) is 2.97. The second-order valence-electron chi connectivity index (χ2n) is 6.55. The van der Waals surface area contributed by atoms with Gasteiger partial charge in [0.1, 0.15) is 5.75 Å². The molecule has 2 heterocycles. The van der Waals surface area contributed by atoms with Gasteiger partial charge in [-0.15, -0.1) is 11.8 Å². The van der Waals surface area contributed by atoms with E-state index in [2.05, 4.69) is 4.90 Å². The van der Waals surface area contributed by atoms with Gasteiger partial charge >= 0.3 is 0 Å². The van der Waals surface area contributed by atoms with Gasteiger partial charge in [0.25, 0.3) is 11.8 Å². The van der Waals surface area contributed by atoms with Gasteiger partial charge in [-0.1, -0.05) is 18.2 Å². The Hall–Kier alpha value is -1.87.